The van der Waals surface area contributed by atoms with Crippen LogP contribution in [-0.4, -0.2) is 30.4 Å². The zero-order valence-corrected chi connectivity index (χ0v) is 12.8. The summed E-state index contributed by atoms with van der Waals surface area (Å²) in [6.45, 7) is 0.482. The van der Waals surface area contributed by atoms with E-state index in [0.717, 1.165) is 12.1 Å². The van der Waals surface area contributed by atoms with Gasteiger partial charge in [0.2, 0.25) is 5.78 Å². The number of hydrogen-bond donors (Lipinski definition) is 1. The summed E-state index contributed by atoms with van der Waals surface area (Å²) in [5.41, 5.74) is 5.75. The maximum atomic E-state index is 12.9. The van der Waals surface area contributed by atoms with Gasteiger partial charge in [0.05, 0.1) is 11.1 Å². The number of halogens is 3. The summed E-state index contributed by atoms with van der Waals surface area (Å²) in [4.78, 5) is 14.5. The van der Waals surface area contributed by atoms with Crippen LogP contribution in [0.15, 0.2) is 54.1 Å². The van der Waals surface area contributed by atoms with Crippen molar-refractivity contribution in [2.24, 2.45) is 5.73 Å². The first-order valence-corrected chi connectivity index (χ1v) is 7.23. The zero-order valence-electron chi connectivity index (χ0n) is 12.8. The number of Topliss-reactive ketones (excluding diaryl/α,β-unsaturated/α-hetero) is 1. The summed E-state index contributed by atoms with van der Waals surface area (Å²) in [5, 5.41) is 0. The second-order valence-electron chi connectivity index (χ2n) is 5.68. The number of ether oxygens (including phenoxy) is 1. The van der Waals surface area contributed by atoms with Crippen molar-refractivity contribution >= 4 is 11.4 Å². The summed E-state index contributed by atoms with van der Waals surface area (Å²) in [5.74, 6) is -0.579. The Morgan fingerprint density at radius 1 is 1.33 bits per heavy atom. The van der Waals surface area contributed by atoms with E-state index in [-0.39, 0.29) is 17.0 Å². The second kappa shape index (κ2) is 5.74. The first-order chi connectivity index (χ1) is 11.3. The molecule has 1 atom stereocenters. The van der Waals surface area contributed by atoms with Gasteiger partial charge in [-0.3, -0.25) is 4.79 Å². The molecule has 0 spiro atoms. The molecule has 0 bridgehead atoms. The number of benzene rings is 1. The number of rotatable bonds is 2. The van der Waals surface area contributed by atoms with Gasteiger partial charge in [-0.05, 0) is 35.5 Å². The molecule has 0 aromatic heterocycles. The lowest BCUT2D eigenvalue weighted by atomic mass is 9.95. The normalized spacial score (nSPS) is 21.2. The van der Waals surface area contributed by atoms with Crippen LogP contribution >= 0.6 is 0 Å². The Bertz CT molecular complexity index is 778. The van der Waals surface area contributed by atoms with E-state index < -0.39 is 23.6 Å². The Hall–Kier alpha value is -2.70. The average Bonchev–Trinajstić information content (AvgIpc) is 2.81. The highest BCUT2D eigenvalue weighted by molar-refractivity contribution is 6.26. The topological polar surface area (TPSA) is 55.6 Å². The maximum Gasteiger partial charge on any atom is 0.416 e. The molecule has 24 heavy (non-hydrogen) atoms. The zero-order chi connectivity index (χ0) is 17.5. The second-order valence-corrected chi connectivity index (χ2v) is 5.68. The Balaban J connectivity index is 1.93. The first kappa shape index (κ1) is 16.2. The third-order valence-electron chi connectivity index (χ3n) is 3.87. The van der Waals surface area contributed by atoms with Crippen LogP contribution in [0.5, 0.6) is 0 Å². The van der Waals surface area contributed by atoms with Gasteiger partial charge < -0.3 is 15.4 Å². The van der Waals surface area contributed by atoms with Crippen LogP contribution in [0.3, 0.4) is 0 Å². The number of nitrogens with zero attached hydrogens (tertiary/aromatic N) is 1. The number of likely N-dealkylation sites (N-methyl/N-ethyl adjacent to an activating group) is 1. The first-order valence-electron chi connectivity index (χ1n) is 7.23. The van der Waals surface area contributed by atoms with Gasteiger partial charge in [-0.15, -0.1) is 0 Å². The molecule has 0 fully saturated rings. The van der Waals surface area contributed by atoms with Gasteiger partial charge in [0, 0.05) is 13.6 Å². The van der Waals surface area contributed by atoms with Crippen LogP contribution < -0.4 is 5.73 Å². The van der Waals surface area contributed by atoms with Crippen LogP contribution in [0.1, 0.15) is 11.1 Å². The molecule has 2 heterocycles. The molecule has 7 heteroatoms. The van der Waals surface area contributed by atoms with Crippen molar-refractivity contribution < 1.29 is 22.7 Å². The molecule has 0 radical (unpaired) electrons. The fourth-order valence-corrected chi connectivity index (χ4v) is 2.75. The largest absolute Gasteiger partial charge is 0.463 e. The van der Waals surface area contributed by atoms with Crippen molar-refractivity contribution in [2.75, 3.05) is 13.6 Å². The Morgan fingerprint density at radius 2 is 2.08 bits per heavy atom. The SMILES string of the molecule is CN1C=CC=C(C2OC(N)=C(c3cccc(C(F)(F)F)c3)C2=O)C1. The van der Waals surface area contributed by atoms with Gasteiger partial charge in [-0.1, -0.05) is 18.2 Å². The van der Waals surface area contributed by atoms with Crippen molar-refractivity contribution in [3.8, 4) is 0 Å². The van der Waals surface area contributed by atoms with Crippen LogP contribution in [0, 0.1) is 0 Å². The highest BCUT2D eigenvalue weighted by atomic mass is 19.4. The van der Waals surface area contributed by atoms with Gasteiger partial charge in [-0.2, -0.15) is 13.2 Å². The van der Waals surface area contributed by atoms with E-state index in [9.17, 15) is 18.0 Å². The highest BCUT2D eigenvalue weighted by Gasteiger charge is 2.38. The van der Waals surface area contributed by atoms with E-state index in [1.54, 1.807) is 12.2 Å². The number of ketones is 1. The van der Waals surface area contributed by atoms with Gasteiger partial charge in [-0.25, -0.2) is 0 Å². The molecule has 1 aromatic rings. The fourth-order valence-electron chi connectivity index (χ4n) is 2.75. The lowest BCUT2D eigenvalue weighted by Crippen LogP contribution is -2.29. The Labute approximate surface area is 136 Å². The van der Waals surface area contributed by atoms with Crippen LogP contribution in [-0.2, 0) is 15.7 Å². The van der Waals surface area contributed by atoms with Crippen molar-refractivity contribution in [3.63, 3.8) is 0 Å². The third-order valence-corrected chi connectivity index (χ3v) is 3.87. The molecular weight excluding hydrogens is 321 g/mol. The number of carbonyl (C=O) groups excluding carboxylic acids is 1. The number of allylic oxidation sites excluding steroid dienone is 2. The molecule has 0 aliphatic carbocycles. The number of hydrogen-bond acceptors (Lipinski definition) is 4. The molecule has 0 saturated heterocycles. The molecule has 0 amide bonds. The summed E-state index contributed by atoms with van der Waals surface area (Å²) in [6.07, 6.45) is -0.0270. The summed E-state index contributed by atoms with van der Waals surface area (Å²) in [6, 6.07) is 4.52. The quantitative estimate of drug-likeness (QED) is 0.902. The maximum absolute atomic E-state index is 12.9. The van der Waals surface area contributed by atoms with Crippen molar-refractivity contribution in [2.45, 2.75) is 12.3 Å². The lowest BCUT2D eigenvalue weighted by molar-refractivity contribution is -0.137. The van der Waals surface area contributed by atoms with E-state index in [2.05, 4.69) is 0 Å². The van der Waals surface area contributed by atoms with E-state index in [1.807, 2.05) is 18.1 Å². The van der Waals surface area contributed by atoms with Crippen LogP contribution in [0.25, 0.3) is 5.57 Å². The Kier molecular flexibility index (Phi) is 3.87. The highest BCUT2D eigenvalue weighted by Crippen LogP contribution is 2.35. The van der Waals surface area contributed by atoms with Gasteiger partial charge in [0.15, 0.2) is 12.0 Å². The number of carbonyl (C=O) groups is 1. The predicted octanol–water partition coefficient (Wildman–Crippen LogP) is 2.69. The van der Waals surface area contributed by atoms with E-state index in [4.69, 9.17) is 10.5 Å². The minimum atomic E-state index is -4.49. The summed E-state index contributed by atoms with van der Waals surface area (Å²) >= 11 is 0. The summed E-state index contributed by atoms with van der Waals surface area (Å²) in [7, 11) is 1.84. The molecule has 1 unspecified atom stereocenters. The molecule has 126 valence electrons. The standard InChI is InChI=1S/C17H15F3N2O2/c1-22-7-3-5-11(9-22)15-14(23)13(16(21)24-15)10-4-2-6-12(8-10)17(18,19)20/h2-8,15H,9,21H2,1H3. The average molecular weight is 336 g/mol. The molecule has 2 aliphatic rings. The molecule has 2 aliphatic heterocycles. The third kappa shape index (κ3) is 2.89. The molecule has 1 aromatic carbocycles. The van der Waals surface area contributed by atoms with E-state index >= 15 is 0 Å². The van der Waals surface area contributed by atoms with Gasteiger partial charge in [0.25, 0.3) is 0 Å². The van der Waals surface area contributed by atoms with Crippen molar-refractivity contribution in [1.29, 1.82) is 0 Å². The minimum Gasteiger partial charge on any atom is -0.463 e. The molecule has 0 saturated carbocycles. The van der Waals surface area contributed by atoms with E-state index in [0.29, 0.717) is 12.1 Å². The van der Waals surface area contributed by atoms with Gasteiger partial charge >= 0.3 is 6.18 Å². The molecule has 2 N–H and O–H groups in total. The number of nitrogens with two attached hydrogens (primary N) is 1. The van der Waals surface area contributed by atoms with Crippen molar-refractivity contribution in [1.82, 2.24) is 4.90 Å². The van der Waals surface area contributed by atoms with Crippen LogP contribution in [0.2, 0.25) is 0 Å². The molecular formula is C17H15F3N2O2. The fraction of sp³-hybridized carbons (Fsp3) is 0.235. The molecule has 3 rings (SSSR count). The lowest BCUT2D eigenvalue weighted by Gasteiger charge is -2.23. The summed E-state index contributed by atoms with van der Waals surface area (Å²) < 4.78 is 44.1. The Morgan fingerprint density at radius 3 is 2.75 bits per heavy atom. The van der Waals surface area contributed by atoms with E-state index in [1.165, 1.54) is 12.1 Å². The van der Waals surface area contributed by atoms with Crippen LogP contribution in [0.4, 0.5) is 13.2 Å². The van der Waals surface area contributed by atoms with Gasteiger partial charge in [0.1, 0.15) is 0 Å². The predicted molar refractivity (Wildman–Crippen MR) is 82.3 cm³/mol. The monoisotopic (exact) mass is 336 g/mol. The van der Waals surface area contributed by atoms with Crippen molar-refractivity contribution in [3.05, 3.63) is 65.2 Å². The number of alkyl halides is 3. The minimum absolute atomic E-state index is 0.00999. The smallest absolute Gasteiger partial charge is 0.416 e. The molecule has 4 nitrogen and oxygen atoms in total.